The van der Waals surface area contributed by atoms with Crippen molar-refractivity contribution in [3.8, 4) is 5.75 Å². The van der Waals surface area contributed by atoms with Crippen molar-refractivity contribution in [1.82, 2.24) is 10.2 Å². The van der Waals surface area contributed by atoms with Crippen molar-refractivity contribution >= 4 is 0 Å². The number of benzene rings is 1. The van der Waals surface area contributed by atoms with Crippen molar-refractivity contribution in [2.24, 2.45) is 11.8 Å². The lowest BCUT2D eigenvalue weighted by molar-refractivity contribution is 0.182. The van der Waals surface area contributed by atoms with Crippen LogP contribution in [0.15, 0.2) is 24.3 Å². The highest BCUT2D eigenvalue weighted by Gasteiger charge is 2.19. The second kappa shape index (κ2) is 9.29. The van der Waals surface area contributed by atoms with Gasteiger partial charge in [-0.15, -0.1) is 0 Å². The van der Waals surface area contributed by atoms with E-state index in [1.54, 1.807) is 0 Å². The quantitative estimate of drug-likeness (QED) is 0.781. The summed E-state index contributed by atoms with van der Waals surface area (Å²) in [5, 5.41) is 3.56. The average Bonchev–Trinajstić information content (AvgIpc) is 2.53. The smallest absolute Gasteiger partial charge is 0.119 e. The average molecular weight is 319 g/mol. The van der Waals surface area contributed by atoms with Gasteiger partial charge in [-0.2, -0.15) is 0 Å². The Kier molecular flexibility index (Phi) is 7.38. The van der Waals surface area contributed by atoms with Crippen LogP contribution in [0, 0.1) is 11.8 Å². The van der Waals surface area contributed by atoms with Crippen molar-refractivity contribution in [2.75, 3.05) is 33.8 Å². The second-order valence-corrected chi connectivity index (χ2v) is 7.50. The first-order chi connectivity index (χ1) is 11.0. The molecular formula is C20H34N2O. The van der Waals surface area contributed by atoms with E-state index in [4.69, 9.17) is 4.74 Å². The van der Waals surface area contributed by atoms with Crippen molar-refractivity contribution < 1.29 is 4.74 Å². The Morgan fingerprint density at radius 2 is 1.96 bits per heavy atom. The summed E-state index contributed by atoms with van der Waals surface area (Å²) in [5.74, 6) is 2.62. The maximum Gasteiger partial charge on any atom is 0.119 e. The molecule has 130 valence electrons. The van der Waals surface area contributed by atoms with E-state index in [1.807, 2.05) is 0 Å². The van der Waals surface area contributed by atoms with Crippen LogP contribution >= 0.6 is 0 Å². The summed E-state index contributed by atoms with van der Waals surface area (Å²) in [4.78, 5) is 2.20. The molecule has 1 saturated carbocycles. The van der Waals surface area contributed by atoms with Gasteiger partial charge in [0, 0.05) is 19.1 Å². The van der Waals surface area contributed by atoms with E-state index in [0.29, 0.717) is 6.04 Å². The minimum atomic E-state index is 0.378. The van der Waals surface area contributed by atoms with E-state index in [0.717, 1.165) is 37.3 Å². The highest BCUT2D eigenvalue weighted by Crippen LogP contribution is 2.29. The molecular weight excluding hydrogens is 284 g/mol. The largest absolute Gasteiger partial charge is 0.493 e. The Labute approximate surface area is 142 Å². The van der Waals surface area contributed by atoms with Crippen molar-refractivity contribution in [3.63, 3.8) is 0 Å². The van der Waals surface area contributed by atoms with Crippen LogP contribution in [-0.2, 0) is 0 Å². The van der Waals surface area contributed by atoms with Crippen LogP contribution in [0.1, 0.15) is 51.1 Å². The van der Waals surface area contributed by atoms with E-state index in [1.165, 1.54) is 31.2 Å². The Bertz CT molecular complexity index is 443. The molecule has 1 unspecified atom stereocenters. The molecule has 2 rings (SSSR count). The zero-order valence-electron chi connectivity index (χ0n) is 15.3. The summed E-state index contributed by atoms with van der Waals surface area (Å²) >= 11 is 0. The SMILES string of the molecule is CC(NCCN(C)C)c1ccc(OC[C@H]2CCC[C@@H](C)C2)cc1. The van der Waals surface area contributed by atoms with Crippen LogP contribution < -0.4 is 10.1 Å². The zero-order chi connectivity index (χ0) is 16.7. The molecule has 0 radical (unpaired) electrons. The Morgan fingerprint density at radius 3 is 2.61 bits per heavy atom. The van der Waals surface area contributed by atoms with Crippen molar-refractivity contribution in [1.29, 1.82) is 0 Å². The third-order valence-corrected chi connectivity index (χ3v) is 4.92. The molecule has 3 heteroatoms. The summed E-state index contributed by atoms with van der Waals surface area (Å²) in [6.45, 7) is 7.53. The second-order valence-electron chi connectivity index (χ2n) is 7.50. The van der Waals surface area contributed by atoms with Crippen LogP contribution in [0.4, 0.5) is 0 Å². The first kappa shape index (κ1) is 18.3. The monoisotopic (exact) mass is 318 g/mol. The van der Waals surface area contributed by atoms with Gasteiger partial charge in [0.15, 0.2) is 0 Å². The molecule has 0 bridgehead atoms. The lowest BCUT2D eigenvalue weighted by Crippen LogP contribution is -2.28. The fraction of sp³-hybridized carbons (Fsp3) is 0.700. The summed E-state index contributed by atoms with van der Waals surface area (Å²) in [5.41, 5.74) is 1.32. The molecule has 1 fully saturated rings. The third kappa shape index (κ3) is 6.52. The van der Waals surface area contributed by atoms with Gasteiger partial charge >= 0.3 is 0 Å². The molecule has 1 aromatic carbocycles. The molecule has 0 heterocycles. The van der Waals surface area contributed by atoms with Gasteiger partial charge in [0.1, 0.15) is 5.75 Å². The molecule has 0 amide bonds. The van der Waals surface area contributed by atoms with Gasteiger partial charge in [-0.05, 0) is 63.4 Å². The van der Waals surface area contributed by atoms with Crippen molar-refractivity contribution in [3.05, 3.63) is 29.8 Å². The van der Waals surface area contributed by atoms with Gasteiger partial charge in [0.25, 0.3) is 0 Å². The zero-order valence-corrected chi connectivity index (χ0v) is 15.3. The summed E-state index contributed by atoms with van der Waals surface area (Å²) < 4.78 is 6.01. The first-order valence-corrected chi connectivity index (χ1v) is 9.15. The highest BCUT2D eigenvalue weighted by molar-refractivity contribution is 5.29. The minimum absolute atomic E-state index is 0.378. The highest BCUT2D eigenvalue weighted by atomic mass is 16.5. The van der Waals surface area contributed by atoms with E-state index in [2.05, 4.69) is 62.4 Å². The number of rotatable bonds is 8. The Morgan fingerprint density at radius 1 is 1.22 bits per heavy atom. The fourth-order valence-electron chi connectivity index (χ4n) is 3.40. The molecule has 1 N–H and O–H groups in total. The van der Waals surface area contributed by atoms with Gasteiger partial charge < -0.3 is 15.0 Å². The topological polar surface area (TPSA) is 24.5 Å². The predicted octanol–water partition coefficient (Wildman–Crippen LogP) is 4.10. The standard InChI is InChI=1S/C20H34N2O/c1-16-6-5-7-18(14-16)15-23-20-10-8-19(9-11-20)17(2)21-12-13-22(3)4/h8-11,16-18,21H,5-7,12-15H2,1-4H3/t16-,17?,18+/m1/s1. The number of hydrogen-bond acceptors (Lipinski definition) is 3. The van der Waals surface area contributed by atoms with E-state index in [9.17, 15) is 0 Å². The van der Waals surface area contributed by atoms with E-state index >= 15 is 0 Å². The molecule has 1 aliphatic carbocycles. The maximum atomic E-state index is 6.01. The molecule has 1 aliphatic rings. The third-order valence-electron chi connectivity index (χ3n) is 4.92. The Hall–Kier alpha value is -1.06. The van der Waals surface area contributed by atoms with Crippen LogP contribution in [0.5, 0.6) is 5.75 Å². The number of nitrogens with zero attached hydrogens (tertiary/aromatic N) is 1. The van der Waals surface area contributed by atoms with Crippen LogP contribution in [-0.4, -0.2) is 38.7 Å². The lowest BCUT2D eigenvalue weighted by atomic mass is 9.83. The molecule has 0 spiro atoms. The van der Waals surface area contributed by atoms with Gasteiger partial charge in [0.05, 0.1) is 6.61 Å². The number of hydrogen-bond donors (Lipinski definition) is 1. The summed E-state index contributed by atoms with van der Waals surface area (Å²) in [6, 6.07) is 8.98. The van der Waals surface area contributed by atoms with Gasteiger partial charge in [-0.1, -0.05) is 31.9 Å². The van der Waals surface area contributed by atoms with Crippen LogP contribution in [0.2, 0.25) is 0 Å². The minimum Gasteiger partial charge on any atom is -0.493 e. The molecule has 0 aromatic heterocycles. The Balaban J connectivity index is 1.75. The summed E-state index contributed by atoms with van der Waals surface area (Å²) in [6.07, 6.45) is 5.41. The van der Waals surface area contributed by atoms with Crippen LogP contribution in [0.25, 0.3) is 0 Å². The number of likely N-dealkylation sites (N-methyl/N-ethyl adjacent to an activating group) is 1. The van der Waals surface area contributed by atoms with Crippen molar-refractivity contribution in [2.45, 2.75) is 45.6 Å². The molecule has 23 heavy (non-hydrogen) atoms. The van der Waals surface area contributed by atoms with Gasteiger partial charge in [-0.25, -0.2) is 0 Å². The van der Waals surface area contributed by atoms with E-state index in [-0.39, 0.29) is 0 Å². The van der Waals surface area contributed by atoms with E-state index < -0.39 is 0 Å². The molecule has 3 nitrogen and oxygen atoms in total. The maximum absolute atomic E-state index is 6.01. The molecule has 3 atom stereocenters. The normalized spacial score (nSPS) is 23.0. The molecule has 1 aromatic rings. The van der Waals surface area contributed by atoms with Gasteiger partial charge in [0.2, 0.25) is 0 Å². The lowest BCUT2D eigenvalue weighted by Gasteiger charge is -2.26. The number of ether oxygens (including phenoxy) is 1. The molecule has 0 saturated heterocycles. The first-order valence-electron chi connectivity index (χ1n) is 9.15. The predicted molar refractivity (Wildman–Crippen MR) is 98.0 cm³/mol. The van der Waals surface area contributed by atoms with Gasteiger partial charge in [-0.3, -0.25) is 0 Å². The number of nitrogens with one attached hydrogen (secondary N) is 1. The van der Waals surface area contributed by atoms with Crippen LogP contribution in [0.3, 0.4) is 0 Å². The fourth-order valence-corrected chi connectivity index (χ4v) is 3.40. The summed E-state index contributed by atoms with van der Waals surface area (Å²) in [7, 11) is 4.21. The molecule has 0 aliphatic heterocycles.